The second-order valence-corrected chi connectivity index (χ2v) is 6.55. The third-order valence-electron chi connectivity index (χ3n) is 5.20. The van der Waals surface area contributed by atoms with Gasteiger partial charge in [-0.05, 0) is 46.5 Å². The molecule has 2 heteroatoms. The average Bonchev–Trinajstić information content (AvgIpc) is 3.16. The summed E-state index contributed by atoms with van der Waals surface area (Å²) in [6, 6.07) is 16.5. The van der Waals surface area contributed by atoms with Gasteiger partial charge in [0.15, 0.2) is 0 Å². The summed E-state index contributed by atoms with van der Waals surface area (Å²) in [6.45, 7) is 2.31. The molecule has 2 bridgehead atoms. The van der Waals surface area contributed by atoms with Crippen molar-refractivity contribution in [3.05, 3.63) is 95.1 Å². The molecule has 4 N–H and O–H groups in total. The van der Waals surface area contributed by atoms with E-state index in [2.05, 4.69) is 55.5 Å². The summed E-state index contributed by atoms with van der Waals surface area (Å²) in [6.07, 6.45) is 8.92. The topological polar surface area (TPSA) is 52.0 Å². The minimum atomic E-state index is -0.154. The molecule has 2 aromatic rings. The molecule has 0 heterocycles. The van der Waals surface area contributed by atoms with Gasteiger partial charge in [0.05, 0.1) is 0 Å². The summed E-state index contributed by atoms with van der Waals surface area (Å²) in [5.74, 6) is 0.342. The van der Waals surface area contributed by atoms with E-state index in [0.29, 0.717) is 5.92 Å². The first-order chi connectivity index (χ1) is 11.1. The standard InChI is InChI=1S/C21H20N2/c1-21(16-6-10-18(22)11-7-16,17-8-12-19(23)13-9-17)20-14-2-3-15(20)5-4-14/h2-13,20H,22-23H2,1H3. The van der Waals surface area contributed by atoms with Gasteiger partial charge in [0.2, 0.25) is 0 Å². The van der Waals surface area contributed by atoms with E-state index >= 15 is 0 Å². The summed E-state index contributed by atoms with van der Waals surface area (Å²) in [4.78, 5) is 0. The molecule has 114 valence electrons. The smallest absolute Gasteiger partial charge is 0.0314 e. The average molecular weight is 300 g/mol. The van der Waals surface area contributed by atoms with Crippen LogP contribution in [0.4, 0.5) is 11.4 Å². The van der Waals surface area contributed by atoms with Crippen molar-refractivity contribution in [2.45, 2.75) is 12.3 Å². The van der Waals surface area contributed by atoms with Crippen LogP contribution < -0.4 is 11.5 Å². The van der Waals surface area contributed by atoms with Crippen molar-refractivity contribution in [2.24, 2.45) is 5.92 Å². The van der Waals surface area contributed by atoms with Gasteiger partial charge >= 0.3 is 0 Å². The van der Waals surface area contributed by atoms with Gasteiger partial charge in [0.25, 0.3) is 0 Å². The first kappa shape index (κ1) is 13.9. The SMILES string of the molecule is CC(c1ccc(N)cc1)(c1ccc(N)cc1)C1C2=CC=C1C=C2. The summed E-state index contributed by atoms with van der Waals surface area (Å²) in [7, 11) is 0. The van der Waals surface area contributed by atoms with Gasteiger partial charge in [-0.3, -0.25) is 0 Å². The van der Waals surface area contributed by atoms with Crippen LogP contribution in [0.25, 0.3) is 0 Å². The van der Waals surface area contributed by atoms with Gasteiger partial charge in [-0.2, -0.15) is 0 Å². The molecule has 0 spiro atoms. The Hall–Kier alpha value is -2.74. The van der Waals surface area contributed by atoms with Crippen LogP contribution in [-0.2, 0) is 5.41 Å². The minimum Gasteiger partial charge on any atom is -0.399 e. The zero-order valence-electron chi connectivity index (χ0n) is 13.2. The van der Waals surface area contributed by atoms with Crippen molar-refractivity contribution < 1.29 is 0 Å². The lowest BCUT2D eigenvalue weighted by molar-refractivity contribution is 0.470. The van der Waals surface area contributed by atoms with E-state index in [1.165, 1.54) is 22.3 Å². The predicted octanol–water partition coefficient (Wildman–Crippen LogP) is 4.21. The van der Waals surface area contributed by atoms with Crippen molar-refractivity contribution in [1.29, 1.82) is 0 Å². The van der Waals surface area contributed by atoms with Gasteiger partial charge in [-0.15, -0.1) is 0 Å². The largest absolute Gasteiger partial charge is 0.399 e. The highest BCUT2D eigenvalue weighted by molar-refractivity contribution is 5.61. The number of rotatable bonds is 3. The zero-order chi connectivity index (χ0) is 16.0. The van der Waals surface area contributed by atoms with E-state index in [-0.39, 0.29) is 5.41 Å². The van der Waals surface area contributed by atoms with Gasteiger partial charge in [0.1, 0.15) is 0 Å². The highest BCUT2D eigenvalue weighted by Gasteiger charge is 2.43. The third-order valence-corrected chi connectivity index (χ3v) is 5.20. The Morgan fingerprint density at radius 3 is 1.43 bits per heavy atom. The van der Waals surface area contributed by atoms with Gasteiger partial charge in [-0.25, -0.2) is 0 Å². The van der Waals surface area contributed by atoms with Gasteiger partial charge in [-0.1, -0.05) is 55.5 Å². The van der Waals surface area contributed by atoms with E-state index in [1.807, 2.05) is 24.3 Å². The lowest BCUT2D eigenvalue weighted by atomic mass is 9.65. The van der Waals surface area contributed by atoms with E-state index in [9.17, 15) is 0 Å². The number of benzene rings is 2. The fourth-order valence-electron chi connectivity index (χ4n) is 3.90. The molecule has 2 aliphatic carbocycles. The Labute approximate surface area is 136 Å². The summed E-state index contributed by atoms with van der Waals surface area (Å²) in [5.41, 5.74) is 18.5. The van der Waals surface area contributed by atoms with Gasteiger partial charge < -0.3 is 11.5 Å². The number of hydrogen-bond acceptors (Lipinski definition) is 2. The molecule has 23 heavy (non-hydrogen) atoms. The molecule has 0 aromatic heterocycles. The van der Waals surface area contributed by atoms with Crippen molar-refractivity contribution >= 4 is 11.4 Å². The number of anilines is 2. The molecule has 0 saturated carbocycles. The third kappa shape index (κ3) is 2.02. The van der Waals surface area contributed by atoms with E-state index in [4.69, 9.17) is 11.5 Å². The van der Waals surface area contributed by atoms with Crippen molar-refractivity contribution in [3.8, 4) is 0 Å². The highest BCUT2D eigenvalue weighted by atomic mass is 14.6. The maximum absolute atomic E-state index is 5.90. The van der Waals surface area contributed by atoms with Crippen LogP contribution in [0.2, 0.25) is 0 Å². The molecular weight excluding hydrogens is 280 g/mol. The Morgan fingerprint density at radius 1 is 0.696 bits per heavy atom. The molecule has 0 radical (unpaired) electrons. The maximum atomic E-state index is 5.90. The van der Waals surface area contributed by atoms with Crippen LogP contribution in [0.3, 0.4) is 0 Å². The molecule has 2 nitrogen and oxygen atoms in total. The summed E-state index contributed by atoms with van der Waals surface area (Å²) < 4.78 is 0. The Bertz CT molecular complexity index is 769. The lowest BCUT2D eigenvalue weighted by Crippen LogP contribution is -2.33. The molecule has 4 rings (SSSR count). The van der Waals surface area contributed by atoms with Crippen LogP contribution in [0, 0.1) is 5.92 Å². The Morgan fingerprint density at radius 2 is 1.09 bits per heavy atom. The van der Waals surface area contributed by atoms with Crippen LogP contribution in [0.1, 0.15) is 18.1 Å². The van der Waals surface area contributed by atoms with E-state index in [1.54, 1.807) is 0 Å². The second kappa shape index (κ2) is 4.88. The monoisotopic (exact) mass is 300 g/mol. The number of nitrogen functional groups attached to an aromatic ring is 2. The van der Waals surface area contributed by atoms with Crippen molar-refractivity contribution in [1.82, 2.24) is 0 Å². The molecule has 0 aliphatic heterocycles. The number of nitrogens with two attached hydrogens (primary N) is 2. The fourth-order valence-corrected chi connectivity index (χ4v) is 3.90. The van der Waals surface area contributed by atoms with Crippen LogP contribution in [0.15, 0.2) is 84.0 Å². The van der Waals surface area contributed by atoms with Gasteiger partial charge in [0, 0.05) is 22.7 Å². The summed E-state index contributed by atoms with van der Waals surface area (Å²) in [5, 5.41) is 0. The lowest BCUT2D eigenvalue weighted by Gasteiger charge is -2.37. The Kier molecular flexibility index (Phi) is 2.95. The quantitative estimate of drug-likeness (QED) is 0.834. The number of fused-ring (bicyclic) bond motifs is 2. The molecule has 2 aromatic carbocycles. The number of hydrogen-bond donors (Lipinski definition) is 2. The van der Waals surface area contributed by atoms with E-state index < -0.39 is 0 Å². The number of allylic oxidation sites excluding steroid dienone is 6. The fraction of sp³-hybridized carbons (Fsp3) is 0.143. The van der Waals surface area contributed by atoms with Crippen LogP contribution in [0.5, 0.6) is 0 Å². The highest BCUT2D eigenvalue weighted by Crippen LogP contribution is 2.51. The van der Waals surface area contributed by atoms with Crippen molar-refractivity contribution in [3.63, 3.8) is 0 Å². The predicted molar refractivity (Wildman–Crippen MR) is 97.0 cm³/mol. The molecule has 2 aliphatic rings. The molecule has 0 unspecified atom stereocenters. The minimum absolute atomic E-state index is 0.154. The van der Waals surface area contributed by atoms with Crippen LogP contribution >= 0.6 is 0 Å². The molecule has 0 saturated heterocycles. The first-order valence-corrected chi connectivity index (χ1v) is 7.91. The Balaban J connectivity index is 1.90. The molecule has 0 atom stereocenters. The molecule has 0 fully saturated rings. The second-order valence-electron chi connectivity index (χ2n) is 6.55. The van der Waals surface area contributed by atoms with Crippen molar-refractivity contribution in [2.75, 3.05) is 11.5 Å². The normalized spacial score (nSPS) is 16.6. The molecular formula is C21H20N2. The van der Waals surface area contributed by atoms with E-state index in [0.717, 1.165) is 11.4 Å². The molecule has 0 amide bonds. The first-order valence-electron chi connectivity index (χ1n) is 7.91. The maximum Gasteiger partial charge on any atom is 0.0314 e. The summed E-state index contributed by atoms with van der Waals surface area (Å²) >= 11 is 0. The van der Waals surface area contributed by atoms with Crippen LogP contribution in [-0.4, -0.2) is 0 Å². The zero-order valence-corrected chi connectivity index (χ0v) is 13.2.